The van der Waals surface area contributed by atoms with Crippen molar-refractivity contribution in [1.82, 2.24) is 20.1 Å². The Morgan fingerprint density at radius 3 is 2.89 bits per heavy atom. The summed E-state index contributed by atoms with van der Waals surface area (Å²) in [6.07, 6.45) is 1.58. The maximum atomic E-state index is 12.0. The van der Waals surface area contributed by atoms with Crippen molar-refractivity contribution in [1.29, 1.82) is 0 Å². The number of furan rings is 1. The Morgan fingerprint density at radius 2 is 2.15 bits per heavy atom. The molecule has 9 heteroatoms. The summed E-state index contributed by atoms with van der Waals surface area (Å²) in [5, 5.41) is 15.9. The van der Waals surface area contributed by atoms with E-state index in [-0.39, 0.29) is 11.7 Å². The van der Waals surface area contributed by atoms with Gasteiger partial charge in [-0.25, -0.2) is 0 Å². The number of carbonyl (C=O) groups excluding carboxylic acids is 1. The fourth-order valence-corrected chi connectivity index (χ4v) is 3.48. The van der Waals surface area contributed by atoms with Gasteiger partial charge in [-0.05, 0) is 37.3 Å². The number of rotatable bonds is 9. The van der Waals surface area contributed by atoms with Crippen molar-refractivity contribution in [2.75, 3.05) is 11.1 Å². The van der Waals surface area contributed by atoms with Crippen LogP contribution in [0.15, 0.2) is 52.2 Å². The van der Waals surface area contributed by atoms with Gasteiger partial charge < -0.3 is 19.6 Å². The van der Waals surface area contributed by atoms with E-state index in [2.05, 4.69) is 20.8 Å². The molecule has 7 nitrogen and oxygen atoms in total. The summed E-state index contributed by atoms with van der Waals surface area (Å²) in [5.74, 6) is 1.71. The molecule has 27 heavy (non-hydrogen) atoms. The van der Waals surface area contributed by atoms with E-state index in [4.69, 9.17) is 16.0 Å². The highest BCUT2D eigenvalue weighted by Crippen LogP contribution is 2.19. The molecule has 2 N–H and O–H groups in total. The number of halogens is 1. The summed E-state index contributed by atoms with van der Waals surface area (Å²) in [6.45, 7) is 3.64. The number of benzene rings is 1. The van der Waals surface area contributed by atoms with Crippen molar-refractivity contribution in [2.45, 2.75) is 31.7 Å². The second-order valence-electron chi connectivity index (χ2n) is 5.65. The van der Waals surface area contributed by atoms with Gasteiger partial charge in [0.25, 0.3) is 0 Å². The van der Waals surface area contributed by atoms with Crippen LogP contribution in [-0.4, -0.2) is 26.4 Å². The van der Waals surface area contributed by atoms with E-state index in [1.54, 1.807) is 12.3 Å². The average Bonchev–Trinajstić information content (AvgIpc) is 3.32. The summed E-state index contributed by atoms with van der Waals surface area (Å²) < 4.78 is 7.18. The van der Waals surface area contributed by atoms with Crippen molar-refractivity contribution >= 4 is 35.0 Å². The highest BCUT2D eigenvalue weighted by atomic mass is 35.5. The zero-order valence-electron chi connectivity index (χ0n) is 14.8. The number of anilines is 1. The summed E-state index contributed by atoms with van der Waals surface area (Å²) in [7, 11) is 0. The van der Waals surface area contributed by atoms with Gasteiger partial charge in [0.05, 0.1) is 25.1 Å². The molecule has 0 saturated heterocycles. The monoisotopic (exact) mass is 405 g/mol. The first-order valence-electron chi connectivity index (χ1n) is 8.49. The predicted molar refractivity (Wildman–Crippen MR) is 106 cm³/mol. The van der Waals surface area contributed by atoms with Gasteiger partial charge in [0.15, 0.2) is 11.0 Å². The van der Waals surface area contributed by atoms with Crippen LogP contribution in [0.1, 0.15) is 18.5 Å². The molecule has 0 spiro atoms. The van der Waals surface area contributed by atoms with E-state index in [9.17, 15) is 4.79 Å². The number of aromatic nitrogens is 3. The van der Waals surface area contributed by atoms with Gasteiger partial charge in [0, 0.05) is 17.3 Å². The second kappa shape index (κ2) is 9.48. The SMILES string of the molecule is CCn1c(CNc2cccc(Cl)c2)nnc1SCC(=O)NCc1ccco1. The summed E-state index contributed by atoms with van der Waals surface area (Å²) in [5.41, 5.74) is 0.916. The standard InChI is InChI=1S/C18H20ClN5O2S/c1-2-24-16(11-20-14-6-3-5-13(19)9-14)22-23-18(24)27-12-17(25)21-10-15-7-4-8-26-15/h3-9,20H,2,10-12H2,1H3,(H,21,25). The first-order valence-corrected chi connectivity index (χ1v) is 9.85. The fraction of sp³-hybridized carbons (Fsp3) is 0.278. The van der Waals surface area contributed by atoms with Crippen molar-refractivity contribution in [3.8, 4) is 0 Å². The molecule has 0 aliphatic rings. The molecular weight excluding hydrogens is 386 g/mol. The smallest absolute Gasteiger partial charge is 0.230 e. The molecule has 0 atom stereocenters. The second-order valence-corrected chi connectivity index (χ2v) is 7.03. The van der Waals surface area contributed by atoms with Gasteiger partial charge in [-0.2, -0.15) is 0 Å². The third-order valence-corrected chi connectivity index (χ3v) is 4.96. The molecular formula is C18H20ClN5O2S. The average molecular weight is 406 g/mol. The largest absolute Gasteiger partial charge is 0.467 e. The third kappa shape index (κ3) is 5.51. The van der Waals surface area contributed by atoms with Crippen molar-refractivity contribution in [3.05, 3.63) is 59.3 Å². The Hall–Kier alpha value is -2.45. The van der Waals surface area contributed by atoms with Crippen molar-refractivity contribution in [3.63, 3.8) is 0 Å². The lowest BCUT2D eigenvalue weighted by molar-refractivity contribution is -0.118. The molecule has 1 amide bonds. The third-order valence-electron chi connectivity index (χ3n) is 3.76. The molecule has 0 aliphatic carbocycles. The molecule has 0 unspecified atom stereocenters. The van der Waals surface area contributed by atoms with E-state index >= 15 is 0 Å². The van der Waals surface area contributed by atoms with Crippen LogP contribution in [0, 0.1) is 0 Å². The molecule has 3 rings (SSSR count). The van der Waals surface area contributed by atoms with E-state index < -0.39 is 0 Å². The molecule has 0 radical (unpaired) electrons. The minimum atomic E-state index is -0.0827. The fourth-order valence-electron chi connectivity index (χ4n) is 2.43. The number of amides is 1. The van der Waals surface area contributed by atoms with Crippen LogP contribution >= 0.6 is 23.4 Å². The van der Waals surface area contributed by atoms with Crippen LogP contribution in [0.25, 0.3) is 0 Å². The highest BCUT2D eigenvalue weighted by molar-refractivity contribution is 7.99. The molecule has 3 aromatic rings. The molecule has 2 aromatic heterocycles. The van der Waals surface area contributed by atoms with E-state index in [1.165, 1.54) is 11.8 Å². The molecule has 0 bridgehead atoms. The maximum absolute atomic E-state index is 12.0. The molecule has 2 heterocycles. The summed E-state index contributed by atoms with van der Waals surface area (Å²) in [6, 6.07) is 11.1. The van der Waals surface area contributed by atoms with Crippen LogP contribution in [0.5, 0.6) is 0 Å². The van der Waals surface area contributed by atoms with Gasteiger partial charge >= 0.3 is 0 Å². The zero-order chi connectivity index (χ0) is 19.1. The number of nitrogens with one attached hydrogen (secondary N) is 2. The first-order chi connectivity index (χ1) is 13.2. The van der Waals surface area contributed by atoms with Crippen LogP contribution in [-0.2, 0) is 24.4 Å². The van der Waals surface area contributed by atoms with Crippen molar-refractivity contribution in [2.24, 2.45) is 0 Å². The van der Waals surface area contributed by atoms with Crippen LogP contribution in [0.3, 0.4) is 0 Å². The van der Waals surface area contributed by atoms with Crippen LogP contribution in [0.2, 0.25) is 5.02 Å². The number of hydrogen-bond acceptors (Lipinski definition) is 6. The van der Waals surface area contributed by atoms with E-state index in [1.807, 2.05) is 41.8 Å². The molecule has 0 aliphatic heterocycles. The van der Waals surface area contributed by atoms with Gasteiger partial charge in [-0.15, -0.1) is 10.2 Å². The maximum Gasteiger partial charge on any atom is 0.230 e. The van der Waals surface area contributed by atoms with Crippen LogP contribution in [0.4, 0.5) is 5.69 Å². The Labute approximate surface area is 166 Å². The Kier molecular flexibility index (Phi) is 6.78. The van der Waals surface area contributed by atoms with Gasteiger partial charge in [0.1, 0.15) is 5.76 Å². The quantitative estimate of drug-likeness (QED) is 0.529. The lowest BCUT2D eigenvalue weighted by Gasteiger charge is -2.09. The number of nitrogens with zero attached hydrogens (tertiary/aromatic N) is 3. The Balaban J connectivity index is 1.52. The van der Waals surface area contributed by atoms with E-state index in [0.29, 0.717) is 23.3 Å². The van der Waals surface area contributed by atoms with E-state index in [0.717, 1.165) is 23.8 Å². The summed E-state index contributed by atoms with van der Waals surface area (Å²) in [4.78, 5) is 12.0. The minimum absolute atomic E-state index is 0.0827. The van der Waals surface area contributed by atoms with Gasteiger partial charge in [-0.1, -0.05) is 29.4 Å². The molecule has 0 saturated carbocycles. The first kappa shape index (κ1) is 19.3. The van der Waals surface area contributed by atoms with Gasteiger partial charge in [-0.3, -0.25) is 4.79 Å². The summed E-state index contributed by atoms with van der Waals surface area (Å²) >= 11 is 7.36. The number of hydrogen-bond donors (Lipinski definition) is 2. The highest BCUT2D eigenvalue weighted by Gasteiger charge is 2.13. The van der Waals surface area contributed by atoms with Crippen LogP contribution < -0.4 is 10.6 Å². The lowest BCUT2D eigenvalue weighted by atomic mass is 10.3. The van der Waals surface area contributed by atoms with Gasteiger partial charge in [0.2, 0.25) is 5.91 Å². The minimum Gasteiger partial charge on any atom is -0.467 e. The Bertz CT molecular complexity index is 882. The number of thioether (sulfide) groups is 1. The predicted octanol–water partition coefficient (Wildman–Crippen LogP) is 3.57. The normalized spacial score (nSPS) is 10.7. The lowest BCUT2D eigenvalue weighted by Crippen LogP contribution is -2.24. The number of carbonyl (C=O) groups is 1. The molecule has 0 fully saturated rings. The van der Waals surface area contributed by atoms with Crippen molar-refractivity contribution < 1.29 is 9.21 Å². The molecule has 142 valence electrons. The Morgan fingerprint density at radius 1 is 1.26 bits per heavy atom. The molecule has 1 aromatic carbocycles. The zero-order valence-corrected chi connectivity index (χ0v) is 16.4. The topological polar surface area (TPSA) is 85.0 Å².